The second-order valence-electron chi connectivity index (χ2n) is 4.65. The lowest BCUT2D eigenvalue weighted by molar-refractivity contribution is 0.171. The minimum Gasteiger partial charge on any atom is -0.508 e. The number of phenolic OH excluding ortho intramolecular Hbond substituents is 1. The number of nitrogens with zero attached hydrogens (tertiary/aromatic N) is 1. The van der Waals surface area contributed by atoms with Gasteiger partial charge in [0.15, 0.2) is 0 Å². The molecular formula is C14H20Br2Cl2N2O. The van der Waals surface area contributed by atoms with E-state index in [4.69, 9.17) is 0 Å². The maximum absolute atomic E-state index is 10.3. The van der Waals surface area contributed by atoms with Crippen LogP contribution in [0.4, 0.5) is 0 Å². The lowest BCUT2D eigenvalue weighted by Gasteiger charge is -2.35. The van der Waals surface area contributed by atoms with Gasteiger partial charge in [-0.1, -0.05) is 37.9 Å². The highest BCUT2D eigenvalue weighted by atomic mass is 79.9. The van der Waals surface area contributed by atoms with Crippen LogP contribution in [0.3, 0.4) is 0 Å². The summed E-state index contributed by atoms with van der Waals surface area (Å²) in [7, 11) is 0. The summed E-state index contributed by atoms with van der Waals surface area (Å²) in [5, 5.41) is 13.6. The number of rotatable bonds is 4. The van der Waals surface area contributed by atoms with Crippen molar-refractivity contribution in [1.82, 2.24) is 10.2 Å². The van der Waals surface area contributed by atoms with E-state index in [2.05, 4.69) is 48.7 Å². The van der Waals surface area contributed by atoms with Crippen LogP contribution in [0.2, 0.25) is 0 Å². The molecule has 1 aliphatic rings. The summed E-state index contributed by atoms with van der Waals surface area (Å²) in [5.74, 6) is 0.326. The second-order valence-corrected chi connectivity index (χ2v) is 6.42. The number of benzene rings is 1. The topological polar surface area (TPSA) is 35.5 Å². The van der Waals surface area contributed by atoms with Crippen molar-refractivity contribution in [2.75, 3.05) is 26.2 Å². The molecule has 7 heteroatoms. The SMILES string of the molecule is C=CC[C@H](c1c(O)cc(Br)cc1Br)N1CCNCC1.Cl.Cl. The summed E-state index contributed by atoms with van der Waals surface area (Å²) in [4.78, 5) is 2.39. The van der Waals surface area contributed by atoms with E-state index in [1.165, 1.54) is 0 Å². The minimum absolute atomic E-state index is 0. The molecule has 1 atom stereocenters. The molecule has 120 valence electrons. The normalized spacial score (nSPS) is 16.5. The van der Waals surface area contributed by atoms with E-state index in [0.29, 0.717) is 5.75 Å². The van der Waals surface area contributed by atoms with Gasteiger partial charge >= 0.3 is 0 Å². The predicted octanol–water partition coefficient (Wildman–Crippen LogP) is 4.28. The predicted molar refractivity (Wildman–Crippen MR) is 100 cm³/mol. The summed E-state index contributed by atoms with van der Waals surface area (Å²) >= 11 is 6.97. The van der Waals surface area contributed by atoms with Crippen molar-refractivity contribution in [1.29, 1.82) is 0 Å². The molecule has 0 aliphatic carbocycles. The van der Waals surface area contributed by atoms with Gasteiger partial charge in [-0.2, -0.15) is 0 Å². The van der Waals surface area contributed by atoms with Gasteiger partial charge in [0.1, 0.15) is 5.75 Å². The summed E-state index contributed by atoms with van der Waals surface area (Å²) in [6.07, 6.45) is 2.74. The fraction of sp³-hybridized carbons (Fsp3) is 0.429. The third-order valence-corrected chi connectivity index (χ3v) is 4.50. The number of halogens is 4. The van der Waals surface area contributed by atoms with Crippen LogP contribution in [-0.2, 0) is 0 Å². The first kappa shape index (κ1) is 21.2. The fourth-order valence-corrected chi connectivity index (χ4v) is 3.97. The number of hydrogen-bond donors (Lipinski definition) is 2. The molecule has 2 N–H and O–H groups in total. The number of hydrogen-bond acceptors (Lipinski definition) is 3. The molecule has 1 aromatic rings. The zero-order valence-electron chi connectivity index (χ0n) is 11.5. The molecule has 1 heterocycles. The molecule has 2 rings (SSSR count). The van der Waals surface area contributed by atoms with Crippen molar-refractivity contribution in [2.45, 2.75) is 12.5 Å². The molecule has 0 spiro atoms. The van der Waals surface area contributed by atoms with Gasteiger partial charge in [0.2, 0.25) is 0 Å². The number of aromatic hydroxyl groups is 1. The highest BCUT2D eigenvalue weighted by Gasteiger charge is 2.25. The van der Waals surface area contributed by atoms with E-state index in [1.807, 2.05) is 12.1 Å². The molecule has 0 bridgehead atoms. The van der Waals surface area contributed by atoms with Crippen LogP contribution in [0, 0.1) is 0 Å². The Hall–Kier alpha value is 0.220. The van der Waals surface area contributed by atoms with Crippen molar-refractivity contribution in [3.05, 3.63) is 39.3 Å². The van der Waals surface area contributed by atoms with Gasteiger partial charge in [0.05, 0.1) is 0 Å². The number of nitrogens with one attached hydrogen (secondary N) is 1. The molecule has 0 aromatic heterocycles. The van der Waals surface area contributed by atoms with Crippen LogP contribution in [0.1, 0.15) is 18.0 Å². The summed E-state index contributed by atoms with van der Waals surface area (Å²) < 4.78 is 1.81. The monoisotopic (exact) mass is 460 g/mol. The Morgan fingerprint density at radius 3 is 2.43 bits per heavy atom. The smallest absolute Gasteiger partial charge is 0.122 e. The first-order valence-electron chi connectivity index (χ1n) is 6.37. The van der Waals surface area contributed by atoms with Crippen molar-refractivity contribution in [3.8, 4) is 5.75 Å². The molecular weight excluding hydrogens is 443 g/mol. The lowest BCUT2D eigenvalue weighted by atomic mass is 10.00. The standard InChI is InChI=1S/C14H18Br2N2O.2ClH/c1-2-3-12(18-6-4-17-5-7-18)14-11(16)8-10(15)9-13(14)19;;/h2,8-9,12,17,19H,1,3-7H2;2*1H/t12-;;/m1../s1. The second kappa shape index (κ2) is 10.1. The first-order chi connectivity index (χ1) is 9.13. The molecule has 1 saturated heterocycles. The highest BCUT2D eigenvalue weighted by Crippen LogP contribution is 2.39. The van der Waals surface area contributed by atoms with Gasteiger partial charge < -0.3 is 10.4 Å². The quantitative estimate of drug-likeness (QED) is 0.655. The maximum atomic E-state index is 10.3. The van der Waals surface area contributed by atoms with Crippen LogP contribution in [-0.4, -0.2) is 36.2 Å². The third-order valence-electron chi connectivity index (χ3n) is 3.39. The Morgan fingerprint density at radius 1 is 1.29 bits per heavy atom. The van der Waals surface area contributed by atoms with Gasteiger partial charge in [0, 0.05) is 46.7 Å². The van der Waals surface area contributed by atoms with Gasteiger partial charge in [-0.25, -0.2) is 0 Å². The summed E-state index contributed by atoms with van der Waals surface area (Å²) in [6.45, 7) is 7.80. The van der Waals surface area contributed by atoms with E-state index in [1.54, 1.807) is 6.07 Å². The maximum Gasteiger partial charge on any atom is 0.122 e. The molecule has 1 aliphatic heterocycles. The Morgan fingerprint density at radius 2 is 1.90 bits per heavy atom. The Bertz CT molecular complexity index is 445. The van der Waals surface area contributed by atoms with Crippen molar-refractivity contribution >= 4 is 56.7 Å². The zero-order valence-corrected chi connectivity index (χ0v) is 16.3. The fourth-order valence-electron chi connectivity index (χ4n) is 2.50. The molecule has 0 unspecified atom stereocenters. The average molecular weight is 463 g/mol. The summed E-state index contributed by atoms with van der Waals surface area (Å²) in [6, 6.07) is 3.90. The minimum atomic E-state index is 0. The van der Waals surface area contributed by atoms with E-state index in [0.717, 1.165) is 47.1 Å². The first-order valence-corrected chi connectivity index (χ1v) is 7.95. The molecule has 1 aromatic carbocycles. The molecule has 21 heavy (non-hydrogen) atoms. The van der Waals surface area contributed by atoms with E-state index in [9.17, 15) is 5.11 Å². The Balaban J connectivity index is 0.00000200. The van der Waals surface area contributed by atoms with Crippen molar-refractivity contribution in [2.24, 2.45) is 0 Å². The molecule has 0 amide bonds. The molecule has 1 fully saturated rings. The summed E-state index contributed by atoms with van der Waals surface area (Å²) in [5.41, 5.74) is 0.949. The number of piperazine rings is 1. The van der Waals surface area contributed by atoms with E-state index >= 15 is 0 Å². The van der Waals surface area contributed by atoms with E-state index < -0.39 is 0 Å². The highest BCUT2D eigenvalue weighted by molar-refractivity contribution is 9.11. The molecule has 3 nitrogen and oxygen atoms in total. The van der Waals surface area contributed by atoms with Crippen LogP contribution in [0.5, 0.6) is 5.75 Å². The number of phenols is 1. The molecule has 0 radical (unpaired) electrons. The van der Waals surface area contributed by atoms with Gasteiger partial charge in [-0.3, -0.25) is 4.90 Å². The zero-order chi connectivity index (χ0) is 13.8. The third kappa shape index (κ3) is 5.41. The van der Waals surface area contributed by atoms with Crippen LogP contribution in [0.25, 0.3) is 0 Å². The lowest BCUT2D eigenvalue weighted by Crippen LogP contribution is -2.45. The van der Waals surface area contributed by atoms with Crippen molar-refractivity contribution < 1.29 is 5.11 Å². The van der Waals surface area contributed by atoms with E-state index in [-0.39, 0.29) is 30.9 Å². The Labute approximate surface area is 155 Å². The largest absolute Gasteiger partial charge is 0.508 e. The van der Waals surface area contributed by atoms with Gasteiger partial charge in [0.25, 0.3) is 0 Å². The van der Waals surface area contributed by atoms with Gasteiger partial charge in [-0.15, -0.1) is 31.4 Å². The average Bonchev–Trinajstić information content (AvgIpc) is 2.37. The molecule has 0 saturated carbocycles. The van der Waals surface area contributed by atoms with Crippen LogP contribution in [0.15, 0.2) is 33.7 Å². The Kier molecular flexibility index (Phi) is 10.2. The van der Waals surface area contributed by atoms with Gasteiger partial charge in [-0.05, 0) is 18.6 Å². The van der Waals surface area contributed by atoms with Crippen LogP contribution < -0.4 is 5.32 Å². The van der Waals surface area contributed by atoms with Crippen molar-refractivity contribution in [3.63, 3.8) is 0 Å². The van der Waals surface area contributed by atoms with Crippen LogP contribution >= 0.6 is 56.7 Å².